The second-order valence-electron chi connectivity index (χ2n) is 3.80. The molecule has 0 aromatic carbocycles. The minimum atomic E-state index is -0.110. The van der Waals surface area contributed by atoms with Crippen molar-refractivity contribution >= 4 is 0 Å². The van der Waals surface area contributed by atoms with E-state index in [1.54, 1.807) is 4.68 Å². The third kappa shape index (κ3) is 2.04. The number of rotatable bonds is 3. The minimum absolute atomic E-state index is 0.110. The summed E-state index contributed by atoms with van der Waals surface area (Å²) >= 11 is 0. The lowest BCUT2D eigenvalue weighted by Crippen LogP contribution is -2.21. The highest BCUT2D eigenvalue weighted by atomic mass is 16.3. The largest absolute Gasteiger partial charge is 0.396 e. The van der Waals surface area contributed by atoms with Gasteiger partial charge in [0.2, 0.25) is 0 Å². The molecular weight excluding hydrogens is 154 g/mol. The number of aromatic nitrogens is 3. The van der Waals surface area contributed by atoms with Crippen molar-refractivity contribution in [1.82, 2.24) is 14.8 Å². The van der Waals surface area contributed by atoms with Crippen LogP contribution >= 0.6 is 0 Å². The summed E-state index contributed by atoms with van der Waals surface area (Å²) in [6.45, 7) is 4.17. The van der Waals surface area contributed by atoms with E-state index in [9.17, 15) is 0 Å². The summed E-state index contributed by atoms with van der Waals surface area (Å²) < 4.78 is 1.73. The molecule has 0 bridgehead atoms. The molecule has 0 atom stereocenters. The molecular formula is C8H15N3O. The van der Waals surface area contributed by atoms with Crippen molar-refractivity contribution in [3.63, 3.8) is 0 Å². The van der Waals surface area contributed by atoms with Crippen molar-refractivity contribution in [1.29, 1.82) is 0 Å². The Balaban J connectivity index is 2.70. The molecule has 0 amide bonds. The Morgan fingerprint density at radius 1 is 1.58 bits per heavy atom. The van der Waals surface area contributed by atoms with Crippen molar-refractivity contribution in [3.05, 3.63) is 12.2 Å². The maximum atomic E-state index is 9.03. The molecule has 4 heteroatoms. The van der Waals surface area contributed by atoms with Gasteiger partial charge in [-0.15, -0.1) is 0 Å². The van der Waals surface area contributed by atoms with Gasteiger partial charge in [-0.25, -0.2) is 4.98 Å². The van der Waals surface area contributed by atoms with E-state index in [-0.39, 0.29) is 12.0 Å². The average molecular weight is 169 g/mol. The summed E-state index contributed by atoms with van der Waals surface area (Å²) in [4.78, 5) is 4.09. The van der Waals surface area contributed by atoms with Gasteiger partial charge < -0.3 is 5.11 Å². The average Bonchev–Trinajstić information content (AvgIpc) is 2.36. The Morgan fingerprint density at radius 3 is 2.67 bits per heavy atom. The number of aliphatic hydroxyl groups is 1. The van der Waals surface area contributed by atoms with Crippen LogP contribution in [0.1, 0.15) is 19.7 Å². The van der Waals surface area contributed by atoms with E-state index in [1.165, 1.54) is 6.33 Å². The number of hydrogen-bond acceptors (Lipinski definition) is 3. The van der Waals surface area contributed by atoms with Crippen molar-refractivity contribution < 1.29 is 5.11 Å². The maximum absolute atomic E-state index is 9.03. The van der Waals surface area contributed by atoms with Gasteiger partial charge in [0.15, 0.2) is 0 Å². The first kappa shape index (κ1) is 9.19. The quantitative estimate of drug-likeness (QED) is 0.711. The van der Waals surface area contributed by atoms with Crippen molar-refractivity contribution in [2.75, 3.05) is 6.61 Å². The van der Waals surface area contributed by atoms with E-state index in [0.29, 0.717) is 0 Å². The van der Waals surface area contributed by atoms with E-state index in [1.807, 2.05) is 20.9 Å². The van der Waals surface area contributed by atoms with E-state index < -0.39 is 0 Å². The van der Waals surface area contributed by atoms with Crippen LogP contribution in [0.4, 0.5) is 0 Å². The van der Waals surface area contributed by atoms with E-state index in [4.69, 9.17) is 5.11 Å². The van der Waals surface area contributed by atoms with Gasteiger partial charge in [0.1, 0.15) is 12.2 Å². The van der Waals surface area contributed by atoms with Gasteiger partial charge in [0, 0.05) is 20.1 Å². The molecule has 0 aliphatic carbocycles. The summed E-state index contributed by atoms with van der Waals surface area (Å²) in [5, 5.41) is 13.0. The molecule has 1 aromatic heterocycles. The zero-order chi connectivity index (χ0) is 9.19. The predicted molar refractivity (Wildman–Crippen MR) is 45.6 cm³/mol. The molecule has 1 N–H and O–H groups in total. The summed E-state index contributed by atoms with van der Waals surface area (Å²) in [6, 6.07) is 0. The normalized spacial score (nSPS) is 12.0. The molecule has 4 nitrogen and oxygen atoms in total. The van der Waals surface area contributed by atoms with Crippen LogP contribution < -0.4 is 0 Å². The number of nitrogens with zero attached hydrogens (tertiary/aromatic N) is 3. The van der Waals surface area contributed by atoms with Gasteiger partial charge >= 0.3 is 0 Å². The molecule has 68 valence electrons. The third-order valence-corrected chi connectivity index (χ3v) is 1.87. The molecule has 0 spiro atoms. The first-order chi connectivity index (χ1) is 5.55. The Bertz CT molecular complexity index is 255. The lowest BCUT2D eigenvalue weighted by atomic mass is 9.90. The van der Waals surface area contributed by atoms with Crippen LogP contribution in [0.15, 0.2) is 6.33 Å². The molecule has 0 aliphatic heterocycles. The Morgan fingerprint density at radius 2 is 2.25 bits per heavy atom. The van der Waals surface area contributed by atoms with Gasteiger partial charge in [0.05, 0.1) is 0 Å². The Labute approximate surface area is 72.2 Å². The molecule has 0 unspecified atom stereocenters. The highest BCUT2D eigenvalue weighted by Crippen LogP contribution is 2.18. The lowest BCUT2D eigenvalue weighted by Gasteiger charge is -2.20. The smallest absolute Gasteiger partial charge is 0.138 e. The third-order valence-electron chi connectivity index (χ3n) is 1.87. The zero-order valence-corrected chi connectivity index (χ0v) is 7.78. The van der Waals surface area contributed by atoms with E-state index >= 15 is 0 Å². The van der Waals surface area contributed by atoms with Crippen LogP contribution in [0, 0.1) is 5.41 Å². The second kappa shape index (κ2) is 3.23. The molecule has 1 heterocycles. The van der Waals surface area contributed by atoms with Crippen molar-refractivity contribution in [3.8, 4) is 0 Å². The second-order valence-corrected chi connectivity index (χ2v) is 3.80. The Hall–Kier alpha value is -0.900. The molecule has 0 saturated carbocycles. The van der Waals surface area contributed by atoms with Gasteiger partial charge in [-0.05, 0) is 5.41 Å². The monoisotopic (exact) mass is 169 g/mol. The fraction of sp³-hybridized carbons (Fsp3) is 0.750. The van der Waals surface area contributed by atoms with Crippen molar-refractivity contribution in [2.45, 2.75) is 20.3 Å². The first-order valence-corrected chi connectivity index (χ1v) is 3.99. The fourth-order valence-electron chi connectivity index (χ4n) is 0.964. The van der Waals surface area contributed by atoms with Crippen LogP contribution in [0.2, 0.25) is 0 Å². The van der Waals surface area contributed by atoms with E-state index in [2.05, 4.69) is 10.1 Å². The number of aryl methyl sites for hydroxylation is 1. The molecule has 1 rings (SSSR count). The van der Waals surface area contributed by atoms with Gasteiger partial charge in [0.25, 0.3) is 0 Å². The van der Waals surface area contributed by atoms with Gasteiger partial charge in [-0.3, -0.25) is 4.68 Å². The number of hydrogen-bond donors (Lipinski definition) is 1. The summed E-state index contributed by atoms with van der Waals surface area (Å²) in [7, 11) is 1.86. The van der Waals surface area contributed by atoms with Crippen LogP contribution in [0.3, 0.4) is 0 Å². The van der Waals surface area contributed by atoms with Gasteiger partial charge in [-0.2, -0.15) is 5.10 Å². The standard InChI is InChI=1S/C8H15N3O/c1-8(2,5-12)4-7-9-6-10-11(7)3/h6,12H,4-5H2,1-3H3. The molecule has 0 saturated heterocycles. The topological polar surface area (TPSA) is 50.9 Å². The summed E-state index contributed by atoms with van der Waals surface area (Å²) in [5.74, 6) is 0.911. The van der Waals surface area contributed by atoms with Crippen LogP contribution in [0.5, 0.6) is 0 Å². The minimum Gasteiger partial charge on any atom is -0.396 e. The lowest BCUT2D eigenvalue weighted by molar-refractivity contribution is 0.156. The Kier molecular flexibility index (Phi) is 2.47. The highest BCUT2D eigenvalue weighted by Gasteiger charge is 2.19. The molecule has 0 aliphatic rings. The van der Waals surface area contributed by atoms with Gasteiger partial charge in [-0.1, -0.05) is 13.8 Å². The molecule has 0 radical (unpaired) electrons. The number of aliphatic hydroxyl groups excluding tert-OH is 1. The van der Waals surface area contributed by atoms with E-state index in [0.717, 1.165) is 12.2 Å². The summed E-state index contributed by atoms with van der Waals surface area (Å²) in [5.41, 5.74) is -0.110. The molecule has 0 fully saturated rings. The summed E-state index contributed by atoms with van der Waals surface area (Å²) in [6.07, 6.45) is 2.28. The van der Waals surface area contributed by atoms with Crippen molar-refractivity contribution in [2.24, 2.45) is 12.5 Å². The maximum Gasteiger partial charge on any atom is 0.138 e. The predicted octanol–water partition coefficient (Wildman–Crippen LogP) is 0.376. The highest BCUT2D eigenvalue weighted by molar-refractivity contribution is 4.89. The fourth-order valence-corrected chi connectivity index (χ4v) is 0.964. The molecule has 1 aromatic rings. The zero-order valence-electron chi connectivity index (χ0n) is 7.78. The molecule has 12 heavy (non-hydrogen) atoms. The van der Waals surface area contributed by atoms with Crippen LogP contribution in [0.25, 0.3) is 0 Å². The SMILES string of the molecule is Cn1ncnc1CC(C)(C)CO. The van der Waals surface area contributed by atoms with Crippen LogP contribution in [-0.2, 0) is 13.5 Å². The van der Waals surface area contributed by atoms with Crippen LogP contribution in [-0.4, -0.2) is 26.5 Å². The first-order valence-electron chi connectivity index (χ1n) is 3.99.